The van der Waals surface area contributed by atoms with Crippen molar-refractivity contribution in [3.63, 3.8) is 0 Å². The Morgan fingerprint density at radius 2 is 2.12 bits per heavy atom. The normalized spacial score (nSPS) is 20.4. The summed E-state index contributed by atoms with van der Waals surface area (Å²) in [6.07, 6.45) is 0. The topological polar surface area (TPSA) is 84.6 Å². The van der Waals surface area contributed by atoms with Crippen molar-refractivity contribution in [2.45, 2.75) is 13.0 Å². The SMILES string of the molecule is Cc1cccc(C2=NC(=O)C(N)C(=O)N2)c1. The molecule has 0 fully saturated rings. The molecule has 1 atom stereocenters. The molecule has 5 heteroatoms. The Kier molecular flexibility index (Phi) is 2.54. The third-order valence-corrected chi connectivity index (χ3v) is 2.30. The summed E-state index contributed by atoms with van der Waals surface area (Å²) < 4.78 is 0. The van der Waals surface area contributed by atoms with Gasteiger partial charge in [0.2, 0.25) is 0 Å². The van der Waals surface area contributed by atoms with Crippen LogP contribution in [-0.4, -0.2) is 23.7 Å². The number of rotatable bonds is 1. The smallest absolute Gasteiger partial charge is 0.274 e. The summed E-state index contributed by atoms with van der Waals surface area (Å²) in [6.45, 7) is 1.92. The summed E-state index contributed by atoms with van der Waals surface area (Å²) in [7, 11) is 0. The summed E-state index contributed by atoms with van der Waals surface area (Å²) in [4.78, 5) is 26.4. The van der Waals surface area contributed by atoms with Gasteiger partial charge in [0.25, 0.3) is 11.8 Å². The zero-order valence-corrected chi connectivity index (χ0v) is 8.73. The molecule has 0 aromatic heterocycles. The van der Waals surface area contributed by atoms with Crippen molar-refractivity contribution in [2.24, 2.45) is 10.7 Å². The van der Waals surface area contributed by atoms with Crippen molar-refractivity contribution in [3.05, 3.63) is 35.4 Å². The average Bonchev–Trinajstić information content (AvgIpc) is 2.25. The van der Waals surface area contributed by atoms with Crippen LogP contribution in [-0.2, 0) is 9.59 Å². The largest absolute Gasteiger partial charge is 0.312 e. The van der Waals surface area contributed by atoms with Gasteiger partial charge in [0.1, 0.15) is 5.84 Å². The van der Waals surface area contributed by atoms with Gasteiger partial charge < -0.3 is 11.1 Å². The number of nitrogens with two attached hydrogens (primary N) is 1. The molecule has 1 aromatic carbocycles. The number of nitrogens with zero attached hydrogens (tertiary/aromatic N) is 1. The molecular weight excluding hydrogens is 206 g/mol. The maximum absolute atomic E-state index is 11.3. The highest BCUT2D eigenvalue weighted by Crippen LogP contribution is 2.07. The van der Waals surface area contributed by atoms with Crippen LogP contribution in [0.2, 0.25) is 0 Å². The lowest BCUT2D eigenvalue weighted by Gasteiger charge is -2.17. The zero-order chi connectivity index (χ0) is 11.7. The Morgan fingerprint density at radius 3 is 2.75 bits per heavy atom. The summed E-state index contributed by atoms with van der Waals surface area (Å²) >= 11 is 0. The fraction of sp³-hybridized carbons (Fsp3) is 0.182. The highest BCUT2D eigenvalue weighted by molar-refractivity contribution is 6.22. The maximum Gasteiger partial charge on any atom is 0.274 e. The molecule has 0 saturated carbocycles. The molecule has 1 aliphatic rings. The average molecular weight is 217 g/mol. The lowest BCUT2D eigenvalue weighted by Crippen LogP contribution is -2.52. The molecule has 2 rings (SSSR count). The molecule has 1 aliphatic heterocycles. The van der Waals surface area contributed by atoms with Gasteiger partial charge in [0, 0.05) is 5.56 Å². The minimum atomic E-state index is -1.19. The monoisotopic (exact) mass is 217 g/mol. The molecular formula is C11H11N3O2. The van der Waals surface area contributed by atoms with Crippen molar-refractivity contribution in [1.29, 1.82) is 0 Å². The minimum absolute atomic E-state index is 0.264. The number of nitrogens with one attached hydrogen (secondary N) is 1. The molecule has 82 valence electrons. The van der Waals surface area contributed by atoms with Gasteiger partial charge >= 0.3 is 0 Å². The summed E-state index contributed by atoms with van der Waals surface area (Å²) in [5.74, 6) is -0.864. The number of amidine groups is 1. The summed E-state index contributed by atoms with van der Waals surface area (Å²) in [6, 6.07) is 6.17. The van der Waals surface area contributed by atoms with E-state index in [4.69, 9.17) is 5.73 Å². The third-order valence-electron chi connectivity index (χ3n) is 2.30. The first-order chi connectivity index (χ1) is 7.58. The molecule has 1 aromatic rings. The van der Waals surface area contributed by atoms with E-state index in [9.17, 15) is 9.59 Å². The number of amides is 2. The predicted octanol–water partition coefficient (Wildman–Crippen LogP) is -0.275. The molecule has 0 radical (unpaired) electrons. The van der Waals surface area contributed by atoms with Crippen LogP contribution in [0, 0.1) is 6.92 Å². The second-order valence-corrected chi connectivity index (χ2v) is 3.64. The first-order valence-electron chi connectivity index (χ1n) is 4.84. The van der Waals surface area contributed by atoms with Gasteiger partial charge in [-0.05, 0) is 13.0 Å². The van der Waals surface area contributed by atoms with E-state index in [2.05, 4.69) is 10.3 Å². The van der Waals surface area contributed by atoms with E-state index in [-0.39, 0.29) is 5.84 Å². The van der Waals surface area contributed by atoms with Crippen LogP contribution in [0.25, 0.3) is 0 Å². The van der Waals surface area contributed by atoms with Crippen molar-refractivity contribution >= 4 is 17.6 Å². The lowest BCUT2D eigenvalue weighted by molar-refractivity contribution is -0.129. The number of carbonyl (C=O) groups excluding carboxylic acids is 2. The fourth-order valence-electron chi connectivity index (χ4n) is 1.44. The summed E-state index contributed by atoms with van der Waals surface area (Å²) in [5, 5.41) is 2.51. The van der Waals surface area contributed by atoms with Crippen molar-refractivity contribution in [1.82, 2.24) is 5.32 Å². The molecule has 0 aliphatic carbocycles. The number of aryl methyl sites for hydroxylation is 1. The molecule has 1 heterocycles. The molecule has 0 saturated heterocycles. The molecule has 2 amide bonds. The van der Waals surface area contributed by atoms with Gasteiger partial charge in [-0.1, -0.05) is 23.8 Å². The summed E-state index contributed by atoms with van der Waals surface area (Å²) in [5.41, 5.74) is 7.05. The number of aliphatic imine (C=N–C) groups is 1. The molecule has 3 N–H and O–H groups in total. The number of hydrogen-bond acceptors (Lipinski definition) is 3. The van der Waals surface area contributed by atoms with E-state index in [1.807, 2.05) is 25.1 Å². The number of hydrogen-bond donors (Lipinski definition) is 2. The zero-order valence-electron chi connectivity index (χ0n) is 8.73. The van der Waals surface area contributed by atoms with E-state index in [0.29, 0.717) is 5.56 Å². The highest BCUT2D eigenvalue weighted by Gasteiger charge is 2.28. The minimum Gasteiger partial charge on any atom is -0.312 e. The number of carbonyl (C=O) groups is 2. The van der Waals surface area contributed by atoms with Crippen LogP contribution in [0.15, 0.2) is 29.3 Å². The van der Waals surface area contributed by atoms with Crippen LogP contribution >= 0.6 is 0 Å². The second-order valence-electron chi connectivity index (χ2n) is 3.64. The van der Waals surface area contributed by atoms with E-state index in [1.54, 1.807) is 6.07 Å². The molecule has 5 nitrogen and oxygen atoms in total. The fourth-order valence-corrected chi connectivity index (χ4v) is 1.44. The third kappa shape index (κ3) is 1.85. The predicted molar refractivity (Wildman–Crippen MR) is 58.8 cm³/mol. The van der Waals surface area contributed by atoms with Crippen LogP contribution in [0.3, 0.4) is 0 Å². The van der Waals surface area contributed by atoms with Crippen molar-refractivity contribution < 1.29 is 9.59 Å². The van der Waals surface area contributed by atoms with E-state index >= 15 is 0 Å². The quantitative estimate of drug-likeness (QED) is 0.635. The van der Waals surface area contributed by atoms with Crippen LogP contribution in [0.1, 0.15) is 11.1 Å². The van der Waals surface area contributed by atoms with Gasteiger partial charge in [-0.2, -0.15) is 4.99 Å². The second kappa shape index (κ2) is 3.86. The van der Waals surface area contributed by atoms with E-state index in [0.717, 1.165) is 5.56 Å². The Balaban J connectivity index is 2.39. The Hall–Kier alpha value is -2.01. The molecule has 0 bridgehead atoms. The van der Waals surface area contributed by atoms with Gasteiger partial charge in [-0.3, -0.25) is 9.59 Å². The molecule has 1 unspecified atom stereocenters. The Labute approximate surface area is 92.4 Å². The van der Waals surface area contributed by atoms with Crippen LogP contribution in [0.4, 0.5) is 0 Å². The standard InChI is InChI=1S/C11H11N3O2/c1-6-3-2-4-7(5-6)9-13-10(15)8(12)11(16)14-9/h2-5,8H,12H2,1H3,(H,13,14,15,16). The Morgan fingerprint density at radius 1 is 1.38 bits per heavy atom. The van der Waals surface area contributed by atoms with Crippen molar-refractivity contribution in [2.75, 3.05) is 0 Å². The highest BCUT2D eigenvalue weighted by atomic mass is 16.2. The lowest BCUT2D eigenvalue weighted by atomic mass is 10.1. The van der Waals surface area contributed by atoms with Crippen molar-refractivity contribution in [3.8, 4) is 0 Å². The first kappa shape index (κ1) is 10.5. The van der Waals surface area contributed by atoms with Crippen LogP contribution in [0.5, 0.6) is 0 Å². The van der Waals surface area contributed by atoms with Gasteiger partial charge in [-0.25, -0.2) is 0 Å². The van der Waals surface area contributed by atoms with E-state index < -0.39 is 17.9 Å². The molecule has 0 spiro atoms. The maximum atomic E-state index is 11.3. The first-order valence-corrected chi connectivity index (χ1v) is 4.84. The van der Waals surface area contributed by atoms with Gasteiger partial charge in [0.15, 0.2) is 6.04 Å². The van der Waals surface area contributed by atoms with E-state index in [1.165, 1.54) is 0 Å². The van der Waals surface area contributed by atoms with Gasteiger partial charge in [0.05, 0.1) is 0 Å². The van der Waals surface area contributed by atoms with Crippen LogP contribution < -0.4 is 11.1 Å². The molecule has 16 heavy (non-hydrogen) atoms. The van der Waals surface area contributed by atoms with Gasteiger partial charge in [-0.15, -0.1) is 0 Å². The number of benzene rings is 1. The Bertz CT molecular complexity index is 494.